The number of amides is 1. The molecule has 1 aliphatic rings. The number of carbonyl (C=O) groups is 1. The second-order valence-corrected chi connectivity index (χ2v) is 7.19. The van der Waals surface area contributed by atoms with E-state index in [4.69, 9.17) is 23.2 Å². The number of halogens is 2. The SMILES string of the molecule is CCC1CCCCN1C(=O)CSCc1ccc(Cl)c(Cl)c1. The van der Waals surface area contributed by atoms with Crippen molar-refractivity contribution in [1.29, 1.82) is 0 Å². The van der Waals surface area contributed by atoms with Gasteiger partial charge in [0.15, 0.2) is 0 Å². The molecule has 5 heteroatoms. The minimum atomic E-state index is 0.270. The summed E-state index contributed by atoms with van der Waals surface area (Å²) in [7, 11) is 0. The maximum absolute atomic E-state index is 12.3. The Kier molecular flexibility index (Phi) is 6.72. The van der Waals surface area contributed by atoms with E-state index < -0.39 is 0 Å². The fourth-order valence-electron chi connectivity index (χ4n) is 2.72. The third-order valence-corrected chi connectivity index (χ3v) is 5.62. The number of benzene rings is 1. The Balaban J connectivity index is 1.82. The second kappa shape index (κ2) is 8.30. The molecule has 1 amide bonds. The largest absolute Gasteiger partial charge is 0.339 e. The number of thioether (sulfide) groups is 1. The third kappa shape index (κ3) is 4.80. The van der Waals surface area contributed by atoms with Gasteiger partial charge in [0, 0.05) is 18.3 Å². The van der Waals surface area contributed by atoms with Crippen LogP contribution in [0.1, 0.15) is 38.2 Å². The molecule has 1 fully saturated rings. The summed E-state index contributed by atoms with van der Waals surface area (Å²) >= 11 is 13.5. The van der Waals surface area contributed by atoms with Gasteiger partial charge >= 0.3 is 0 Å². The van der Waals surface area contributed by atoms with Crippen molar-refractivity contribution >= 4 is 40.9 Å². The molecule has 1 aliphatic heterocycles. The van der Waals surface area contributed by atoms with Crippen LogP contribution >= 0.6 is 35.0 Å². The van der Waals surface area contributed by atoms with E-state index >= 15 is 0 Å². The lowest BCUT2D eigenvalue weighted by Gasteiger charge is -2.35. The summed E-state index contributed by atoms with van der Waals surface area (Å²) in [5, 5.41) is 1.14. The minimum absolute atomic E-state index is 0.270. The van der Waals surface area contributed by atoms with Crippen LogP contribution < -0.4 is 0 Å². The fraction of sp³-hybridized carbons (Fsp3) is 0.562. The van der Waals surface area contributed by atoms with Crippen LogP contribution in [0.2, 0.25) is 10.0 Å². The van der Waals surface area contributed by atoms with Gasteiger partial charge < -0.3 is 4.90 Å². The minimum Gasteiger partial charge on any atom is -0.339 e. The highest BCUT2D eigenvalue weighted by Crippen LogP contribution is 2.25. The molecule has 0 aliphatic carbocycles. The van der Waals surface area contributed by atoms with Gasteiger partial charge in [-0.2, -0.15) is 0 Å². The smallest absolute Gasteiger partial charge is 0.232 e. The molecule has 1 unspecified atom stereocenters. The summed E-state index contributed by atoms with van der Waals surface area (Å²) in [6.45, 7) is 3.09. The van der Waals surface area contributed by atoms with Crippen molar-refractivity contribution in [3.8, 4) is 0 Å². The zero-order valence-electron chi connectivity index (χ0n) is 12.3. The van der Waals surface area contributed by atoms with Gasteiger partial charge in [0.1, 0.15) is 0 Å². The van der Waals surface area contributed by atoms with Gasteiger partial charge in [-0.3, -0.25) is 4.79 Å². The number of piperidine rings is 1. The molecular weight excluding hydrogens is 325 g/mol. The fourth-order valence-corrected chi connectivity index (χ4v) is 3.90. The molecule has 1 heterocycles. The molecule has 2 rings (SSSR count). The predicted octanol–water partition coefficient (Wildman–Crippen LogP) is 5.02. The molecule has 1 saturated heterocycles. The number of likely N-dealkylation sites (tertiary alicyclic amines) is 1. The summed E-state index contributed by atoms with van der Waals surface area (Å²) in [5.74, 6) is 1.59. The lowest BCUT2D eigenvalue weighted by Crippen LogP contribution is -2.44. The number of hydrogen-bond acceptors (Lipinski definition) is 2. The molecule has 0 bridgehead atoms. The van der Waals surface area contributed by atoms with Crippen molar-refractivity contribution in [1.82, 2.24) is 4.90 Å². The molecule has 116 valence electrons. The van der Waals surface area contributed by atoms with Crippen LogP contribution in [0, 0.1) is 0 Å². The molecule has 0 N–H and O–H groups in total. The molecule has 0 spiro atoms. The third-order valence-electron chi connectivity index (χ3n) is 3.90. The van der Waals surface area contributed by atoms with Crippen molar-refractivity contribution in [3.05, 3.63) is 33.8 Å². The Morgan fingerprint density at radius 2 is 2.14 bits per heavy atom. The first kappa shape index (κ1) is 17.0. The van der Waals surface area contributed by atoms with Gasteiger partial charge in [-0.15, -0.1) is 11.8 Å². The van der Waals surface area contributed by atoms with E-state index in [1.54, 1.807) is 17.8 Å². The predicted molar refractivity (Wildman–Crippen MR) is 92.3 cm³/mol. The van der Waals surface area contributed by atoms with E-state index in [1.165, 1.54) is 6.42 Å². The van der Waals surface area contributed by atoms with Crippen LogP contribution in [-0.2, 0) is 10.5 Å². The van der Waals surface area contributed by atoms with Crippen LogP contribution in [0.5, 0.6) is 0 Å². The molecular formula is C16H21Cl2NOS. The van der Waals surface area contributed by atoms with Crippen LogP contribution in [0.4, 0.5) is 0 Å². The summed E-state index contributed by atoms with van der Waals surface area (Å²) in [5.41, 5.74) is 1.10. The number of nitrogens with zero attached hydrogens (tertiary/aromatic N) is 1. The van der Waals surface area contributed by atoms with Crippen LogP contribution in [0.15, 0.2) is 18.2 Å². The lowest BCUT2D eigenvalue weighted by molar-refractivity contribution is -0.132. The quantitative estimate of drug-likeness (QED) is 0.746. The van der Waals surface area contributed by atoms with Crippen LogP contribution in [0.3, 0.4) is 0 Å². The van der Waals surface area contributed by atoms with Crippen molar-refractivity contribution in [2.75, 3.05) is 12.3 Å². The Morgan fingerprint density at radius 1 is 1.33 bits per heavy atom. The Morgan fingerprint density at radius 3 is 2.86 bits per heavy atom. The normalized spacial score (nSPS) is 18.8. The van der Waals surface area contributed by atoms with Gasteiger partial charge in [-0.1, -0.05) is 36.2 Å². The average Bonchev–Trinajstić information content (AvgIpc) is 2.50. The van der Waals surface area contributed by atoms with Crippen molar-refractivity contribution in [2.45, 2.75) is 44.4 Å². The topological polar surface area (TPSA) is 20.3 Å². The van der Waals surface area contributed by atoms with Gasteiger partial charge in [0.05, 0.1) is 15.8 Å². The molecule has 0 radical (unpaired) electrons. The maximum atomic E-state index is 12.3. The zero-order chi connectivity index (χ0) is 15.2. The Hall–Kier alpha value is -0.380. The van der Waals surface area contributed by atoms with Crippen molar-refractivity contribution in [3.63, 3.8) is 0 Å². The van der Waals surface area contributed by atoms with Gasteiger partial charge in [0.25, 0.3) is 0 Å². The molecule has 1 aromatic rings. The lowest BCUT2D eigenvalue weighted by atomic mass is 10.0. The van der Waals surface area contributed by atoms with Gasteiger partial charge in [0.2, 0.25) is 5.91 Å². The summed E-state index contributed by atoms with van der Waals surface area (Å²) in [6.07, 6.45) is 4.60. The number of carbonyl (C=O) groups excluding carboxylic acids is 1. The monoisotopic (exact) mass is 345 g/mol. The molecule has 0 aromatic heterocycles. The molecule has 1 aromatic carbocycles. The van der Waals surface area contributed by atoms with E-state index in [-0.39, 0.29) is 5.91 Å². The van der Waals surface area contributed by atoms with Crippen LogP contribution in [0.25, 0.3) is 0 Å². The highest BCUT2D eigenvalue weighted by Gasteiger charge is 2.24. The van der Waals surface area contributed by atoms with Gasteiger partial charge in [-0.25, -0.2) is 0 Å². The summed E-state index contributed by atoms with van der Waals surface area (Å²) < 4.78 is 0. The van der Waals surface area contributed by atoms with Crippen molar-refractivity contribution < 1.29 is 4.79 Å². The van der Waals surface area contributed by atoms with E-state index in [2.05, 4.69) is 11.8 Å². The number of hydrogen-bond donors (Lipinski definition) is 0. The number of rotatable bonds is 5. The molecule has 1 atom stereocenters. The average molecular weight is 346 g/mol. The first-order chi connectivity index (χ1) is 10.1. The maximum Gasteiger partial charge on any atom is 0.232 e. The van der Waals surface area contributed by atoms with E-state index in [0.29, 0.717) is 21.8 Å². The summed E-state index contributed by atoms with van der Waals surface area (Å²) in [6, 6.07) is 6.08. The molecule has 0 saturated carbocycles. The van der Waals surface area contributed by atoms with Crippen molar-refractivity contribution in [2.24, 2.45) is 0 Å². The highest BCUT2D eigenvalue weighted by molar-refractivity contribution is 7.99. The second-order valence-electron chi connectivity index (χ2n) is 5.39. The van der Waals surface area contributed by atoms with E-state index in [9.17, 15) is 4.79 Å². The van der Waals surface area contributed by atoms with Crippen LogP contribution in [-0.4, -0.2) is 29.1 Å². The summed E-state index contributed by atoms with van der Waals surface area (Å²) in [4.78, 5) is 14.4. The zero-order valence-corrected chi connectivity index (χ0v) is 14.6. The molecule has 21 heavy (non-hydrogen) atoms. The first-order valence-electron chi connectivity index (χ1n) is 7.43. The highest BCUT2D eigenvalue weighted by atomic mass is 35.5. The standard InChI is InChI=1S/C16H21Cl2NOS/c1-2-13-5-3-4-8-19(13)16(20)11-21-10-12-6-7-14(17)15(18)9-12/h6-7,9,13H,2-5,8,10-11H2,1H3. The van der Waals surface area contributed by atoms with E-state index in [0.717, 1.165) is 37.1 Å². The van der Waals surface area contributed by atoms with E-state index in [1.807, 2.05) is 12.1 Å². The first-order valence-corrected chi connectivity index (χ1v) is 9.34. The Bertz CT molecular complexity index is 495. The molecule has 2 nitrogen and oxygen atoms in total. The van der Waals surface area contributed by atoms with Gasteiger partial charge in [-0.05, 0) is 43.4 Å². The Labute approximate surface area is 141 Å².